The van der Waals surface area contributed by atoms with E-state index < -0.39 is 0 Å². The van der Waals surface area contributed by atoms with E-state index >= 15 is 0 Å². The zero-order valence-corrected chi connectivity index (χ0v) is 17.4. The third kappa shape index (κ3) is 4.53. The molecule has 0 aliphatic heterocycles. The van der Waals surface area contributed by atoms with Gasteiger partial charge in [-0.05, 0) is 29.7 Å². The Morgan fingerprint density at radius 1 is 0.933 bits per heavy atom. The van der Waals surface area contributed by atoms with Crippen molar-refractivity contribution in [1.29, 1.82) is 0 Å². The van der Waals surface area contributed by atoms with Crippen molar-refractivity contribution in [1.82, 2.24) is 4.98 Å². The van der Waals surface area contributed by atoms with Gasteiger partial charge in [0.15, 0.2) is 5.78 Å². The molecule has 4 rings (SSSR count). The molecule has 30 heavy (non-hydrogen) atoms. The fourth-order valence-electron chi connectivity index (χ4n) is 3.09. The predicted molar refractivity (Wildman–Crippen MR) is 122 cm³/mol. The maximum absolute atomic E-state index is 12.9. The number of halogens is 1. The van der Waals surface area contributed by atoms with Crippen LogP contribution in [0.4, 0.5) is 5.69 Å². The van der Waals surface area contributed by atoms with Crippen LogP contribution in [0.15, 0.2) is 90.1 Å². The summed E-state index contributed by atoms with van der Waals surface area (Å²) in [6.45, 7) is 0. The van der Waals surface area contributed by atoms with Crippen molar-refractivity contribution in [2.75, 3.05) is 11.1 Å². The van der Waals surface area contributed by atoms with Crippen molar-refractivity contribution < 1.29 is 9.59 Å². The zero-order chi connectivity index (χ0) is 20.9. The van der Waals surface area contributed by atoms with Crippen LogP contribution in [0.3, 0.4) is 0 Å². The fraction of sp³-hybridized carbons (Fsp3) is 0.0417. The van der Waals surface area contributed by atoms with Gasteiger partial charge in [0, 0.05) is 27.7 Å². The number of aromatic nitrogens is 1. The van der Waals surface area contributed by atoms with Crippen LogP contribution in [0.1, 0.15) is 15.9 Å². The van der Waals surface area contributed by atoms with Crippen molar-refractivity contribution in [3.63, 3.8) is 0 Å². The lowest BCUT2D eigenvalue weighted by Crippen LogP contribution is -2.17. The van der Waals surface area contributed by atoms with Gasteiger partial charge in [-0.1, -0.05) is 78.0 Å². The summed E-state index contributed by atoms with van der Waals surface area (Å²) in [5.41, 5.74) is 1.32. The predicted octanol–water partition coefficient (Wildman–Crippen LogP) is 5.85. The summed E-state index contributed by atoms with van der Waals surface area (Å²) in [6, 6.07) is 23.6. The first kappa shape index (κ1) is 20.1. The van der Waals surface area contributed by atoms with Gasteiger partial charge in [-0.15, -0.1) is 0 Å². The number of amides is 1. The van der Waals surface area contributed by atoms with Crippen LogP contribution in [0.25, 0.3) is 10.8 Å². The highest BCUT2D eigenvalue weighted by Gasteiger charge is 2.16. The fourth-order valence-corrected chi connectivity index (χ4v) is 4.07. The number of thioether (sulfide) groups is 1. The number of hydrogen-bond donors (Lipinski definition) is 1. The van der Waals surface area contributed by atoms with Crippen LogP contribution >= 0.6 is 23.4 Å². The molecule has 4 aromatic rings. The van der Waals surface area contributed by atoms with Gasteiger partial charge < -0.3 is 5.32 Å². The van der Waals surface area contributed by atoms with E-state index in [1.165, 1.54) is 11.8 Å². The molecule has 1 N–H and O–H groups in total. The molecule has 6 heteroatoms. The summed E-state index contributed by atoms with van der Waals surface area (Å²) in [5.74, 6) is -0.251. The average molecular weight is 433 g/mol. The first-order chi connectivity index (χ1) is 14.6. The summed E-state index contributed by atoms with van der Waals surface area (Å²) in [5, 5.41) is 6.14. The van der Waals surface area contributed by atoms with Crippen LogP contribution in [0, 0.1) is 0 Å². The summed E-state index contributed by atoms with van der Waals surface area (Å²) < 4.78 is 0. The van der Waals surface area contributed by atoms with E-state index in [9.17, 15) is 9.59 Å². The minimum atomic E-state index is -0.223. The molecule has 0 saturated heterocycles. The Hall–Kier alpha value is -3.15. The normalized spacial score (nSPS) is 10.7. The van der Waals surface area contributed by atoms with Crippen LogP contribution in [0.2, 0.25) is 5.02 Å². The minimum absolute atomic E-state index is 0.169. The molecule has 0 saturated carbocycles. The molecule has 0 aliphatic rings. The first-order valence-corrected chi connectivity index (χ1v) is 10.6. The molecule has 0 atom stereocenters. The maximum Gasteiger partial charge on any atom is 0.234 e. The van der Waals surface area contributed by atoms with Crippen molar-refractivity contribution in [2.24, 2.45) is 0 Å². The molecule has 0 bridgehead atoms. The van der Waals surface area contributed by atoms with Gasteiger partial charge >= 0.3 is 0 Å². The smallest absolute Gasteiger partial charge is 0.234 e. The third-order valence-electron chi connectivity index (χ3n) is 4.51. The zero-order valence-electron chi connectivity index (χ0n) is 15.8. The van der Waals surface area contributed by atoms with Gasteiger partial charge in [-0.3, -0.25) is 9.59 Å². The molecule has 0 radical (unpaired) electrons. The second-order valence-corrected chi connectivity index (χ2v) is 7.96. The van der Waals surface area contributed by atoms with Gasteiger partial charge in [0.25, 0.3) is 0 Å². The Morgan fingerprint density at radius 2 is 1.70 bits per heavy atom. The lowest BCUT2D eigenvalue weighted by atomic mass is 10.0. The first-order valence-electron chi connectivity index (χ1n) is 9.27. The van der Waals surface area contributed by atoms with Gasteiger partial charge in [-0.25, -0.2) is 4.98 Å². The molecular formula is C24H17ClN2O2S. The van der Waals surface area contributed by atoms with Crippen LogP contribution in [0.5, 0.6) is 0 Å². The Kier molecular flexibility index (Phi) is 6.12. The number of fused-ring (bicyclic) bond motifs is 1. The molecule has 4 nitrogen and oxygen atoms in total. The second-order valence-electron chi connectivity index (χ2n) is 6.56. The number of carbonyl (C=O) groups excluding carboxylic acids is 2. The van der Waals surface area contributed by atoms with E-state index in [1.807, 2.05) is 36.4 Å². The number of nitrogens with zero attached hydrogens (tertiary/aromatic N) is 1. The number of hydrogen-bond acceptors (Lipinski definition) is 4. The number of pyridine rings is 1. The van der Waals surface area contributed by atoms with E-state index in [4.69, 9.17) is 11.6 Å². The summed E-state index contributed by atoms with van der Waals surface area (Å²) in [7, 11) is 0. The Labute approximate surface area is 183 Å². The Bertz CT molecular complexity index is 1220. The van der Waals surface area contributed by atoms with E-state index in [0.29, 0.717) is 21.8 Å². The minimum Gasteiger partial charge on any atom is -0.325 e. The SMILES string of the molecule is O=C(CSc1nccc2ccccc12)Nc1ccc(Cl)cc1C(=O)c1ccccc1. The topological polar surface area (TPSA) is 59.1 Å². The highest BCUT2D eigenvalue weighted by molar-refractivity contribution is 8.00. The maximum atomic E-state index is 12.9. The molecule has 0 fully saturated rings. The lowest BCUT2D eigenvalue weighted by Gasteiger charge is -2.11. The number of rotatable bonds is 6. The van der Waals surface area contributed by atoms with Crippen LogP contribution in [-0.4, -0.2) is 22.4 Å². The average Bonchev–Trinajstić information content (AvgIpc) is 2.79. The molecule has 3 aromatic carbocycles. The van der Waals surface area contributed by atoms with Crippen molar-refractivity contribution in [3.05, 3.63) is 101 Å². The van der Waals surface area contributed by atoms with E-state index in [-0.39, 0.29) is 17.4 Å². The standard InChI is InChI=1S/C24H17ClN2O2S/c25-18-10-11-21(20(14-18)23(29)17-7-2-1-3-8-17)27-22(28)15-30-24-19-9-5-4-6-16(19)12-13-26-24/h1-14H,15H2,(H,27,28). The molecule has 148 valence electrons. The van der Waals surface area contributed by atoms with Gasteiger partial charge in [0.1, 0.15) is 5.03 Å². The molecule has 0 aliphatic carbocycles. The second kappa shape index (κ2) is 9.11. The largest absolute Gasteiger partial charge is 0.325 e. The van der Waals surface area contributed by atoms with Crippen molar-refractivity contribution in [3.8, 4) is 0 Å². The number of anilines is 1. The molecular weight excluding hydrogens is 416 g/mol. The van der Waals surface area contributed by atoms with Crippen LogP contribution < -0.4 is 5.32 Å². The van der Waals surface area contributed by atoms with Crippen LogP contribution in [-0.2, 0) is 4.79 Å². The lowest BCUT2D eigenvalue weighted by molar-refractivity contribution is -0.113. The molecule has 1 aromatic heterocycles. The summed E-state index contributed by atoms with van der Waals surface area (Å²) >= 11 is 7.46. The monoisotopic (exact) mass is 432 g/mol. The third-order valence-corrected chi connectivity index (χ3v) is 5.75. The number of carbonyl (C=O) groups is 2. The Morgan fingerprint density at radius 3 is 2.53 bits per heavy atom. The van der Waals surface area contributed by atoms with E-state index in [2.05, 4.69) is 10.3 Å². The van der Waals surface area contributed by atoms with Gasteiger partial charge in [-0.2, -0.15) is 0 Å². The number of ketones is 1. The van der Waals surface area contributed by atoms with Gasteiger partial charge in [0.05, 0.1) is 11.4 Å². The van der Waals surface area contributed by atoms with Gasteiger partial charge in [0.2, 0.25) is 5.91 Å². The molecule has 0 unspecified atom stereocenters. The number of benzene rings is 3. The highest BCUT2D eigenvalue weighted by Crippen LogP contribution is 2.27. The summed E-state index contributed by atoms with van der Waals surface area (Å²) in [4.78, 5) is 29.9. The Balaban J connectivity index is 1.51. The molecule has 1 heterocycles. The van der Waals surface area contributed by atoms with E-state index in [1.54, 1.807) is 48.7 Å². The van der Waals surface area contributed by atoms with Crippen molar-refractivity contribution in [2.45, 2.75) is 5.03 Å². The quantitative estimate of drug-likeness (QED) is 0.306. The molecule has 0 spiro atoms. The summed E-state index contributed by atoms with van der Waals surface area (Å²) in [6.07, 6.45) is 1.73. The number of nitrogens with one attached hydrogen (secondary N) is 1. The highest BCUT2D eigenvalue weighted by atomic mass is 35.5. The van der Waals surface area contributed by atoms with Crippen molar-refractivity contribution >= 4 is 51.5 Å². The van der Waals surface area contributed by atoms with E-state index in [0.717, 1.165) is 15.8 Å². The molecule has 1 amide bonds.